The number of hydrogen-bond acceptors (Lipinski definition) is 10. The first-order chi connectivity index (χ1) is 11.7. The van der Waals surface area contributed by atoms with Gasteiger partial charge in [-0.15, -0.1) is 0 Å². The normalized spacial score (nSPS) is 18.2. The van der Waals surface area contributed by atoms with E-state index in [9.17, 15) is 0 Å². The molecule has 2 aliphatic heterocycles. The van der Waals surface area contributed by atoms with Crippen molar-refractivity contribution in [1.82, 2.24) is 29.3 Å². The van der Waals surface area contributed by atoms with Gasteiger partial charge in [-0.25, -0.2) is 9.97 Å². The maximum Gasteiger partial charge on any atom is 0.205 e. The summed E-state index contributed by atoms with van der Waals surface area (Å²) < 4.78 is 8.32. The monoisotopic (exact) mass is 368 g/mol. The van der Waals surface area contributed by atoms with Crippen molar-refractivity contribution in [2.45, 2.75) is 13.8 Å². The number of nitrogens with zero attached hydrogens (tertiary/aromatic N) is 6. The summed E-state index contributed by atoms with van der Waals surface area (Å²) in [7, 11) is 0. The number of anilines is 2. The molecular formula is C14H24N8S2. The summed E-state index contributed by atoms with van der Waals surface area (Å²) in [5, 5.41) is 8.74. The zero-order chi connectivity index (χ0) is 16.8. The highest BCUT2D eigenvalue weighted by atomic mass is 32.1. The summed E-state index contributed by atoms with van der Waals surface area (Å²) >= 11 is 2.99. The molecule has 132 valence electrons. The van der Waals surface area contributed by atoms with Crippen LogP contribution in [0.2, 0.25) is 0 Å². The van der Waals surface area contributed by atoms with E-state index in [4.69, 9.17) is 0 Å². The first-order valence-electron chi connectivity index (χ1n) is 8.24. The fourth-order valence-electron chi connectivity index (χ4n) is 2.54. The van der Waals surface area contributed by atoms with Crippen molar-refractivity contribution in [3.63, 3.8) is 0 Å². The van der Waals surface area contributed by atoms with E-state index in [1.54, 1.807) is 0 Å². The third-order valence-corrected chi connectivity index (χ3v) is 5.55. The molecule has 2 N–H and O–H groups in total. The number of aromatic nitrogens is 4. The topological polar surface area (TPSA) is 82.1 Å². The number of aryl methyl sites for hydroxylation is 2. The molecule has 2 fully saturated rings. The molecule has 0 radical (unpaired) electrons. The van der Waals surface area contributed by atoms with Crippen LogP contribution in [0.3, 0.4) is 0 Å². The number of rotatable bonds is 2. The van der Waals surface area contributed by atoms with Gasteiger partial charge in [0.15, 0.2) is 0 Å². The van der Waals surface area contributed by atoms with Gasteiger partial charge in [-0.1, -0.05) is 0 Å². The van der Waals surface area contributed by atoms with Crippen molar-refractivity contribution in [2.75, 3.05) is 62.2 Å². The Morgan fingerprint density at radius 3 is 1.38 bits per heavy atom. The summed E-state index contributed by atoms with van der Waals surface area (Å²) in [6.07, 6.45) is 0. The van der Waals surface area contributed by atoms with Gasteiger partial charge < -0.3 is 20.4 Å². The zero-order valence-corrected chi connectivity index (χ0v) is 15.8. The molecule has 0 atom stereocenters. The highest BCUT2D eigenvalue weighted by Crippen LogP contribution is 2.17. The molecule has 2 aromatic heterocycles. The lowest BCUT2D eigenvalue weighted by Gasteiger charge is -2.26. The van der Waals surface area contributed by atoms with Gasteiger partial charge >= 0.3 is 0 Å². The molecule has 2 saturated heterocycles. The molecule has 0 spiro atoms. The van der Waals surface area contributed by atoms with Gasteiger partial charge in [0, 0.05) is 75.4 Å². The van der Waals surface area contributed by atoms with Crippen molar-refractivity contribution in [2.24, 2.45) is 0 Å². The van der Waals surface area contributed by atoms with Crippen LogP contribution in [-0.4, -0.2) is 71.1 Å². The highest BCUT2D eigenvalue weighted by Gasteiger charge is 2.14. The first-order valence-corrected chi connectivity index (χ1v) is 9.79. The summed E-state index contributed by atoms with van der Waals surface area (Å²) in [5.74, 6) is 1.77. The predicted octanol–water partition coefficient (Wildman–Crippen LogP) is 0.512. The summed E-state index contributed by atoms with van der Waals surface area (Å²) in [6, 6.07) is 0. The number of hydrogen-bond donors (Lipinski definition) is 2. The SMILES string of the molecule is Cc1nsc(N2CCNCC2)n1.Cc1nsc(N2CCNCC2)n1. The Morgan fingerprint density at radius 2 is 1.08 bits per heavy atom. The van der Waals surface area contributed by atoms with Crippen LogP contribution in [0.4, 0.5) is 10.3 Å². The van der Waals surface area contributed by atoms with Gasteiger partial charge in [-0.05, 0) is 13.8 Å². The minimum atomic E-state index is 0.883. The van der Waals surface area contributed by atoms with Crippen molar-refractivity contribution < 1.29 is 0 Å². The molecule has 10 heteroatoms. The minimum absolute atomic E-state index is 0.883. The van der Waals surface area contributed by atoms with Gasteiger partial charge in [0.25, 0.3) is 0 Å². The van der Waals surface area contributed by atoms with Crippen LogP contribution in [0.25, 0.3) is 0 Å². The highest BCUT2D eigenvalue weighted by molar-refractivity contribution is 7.10. The van der Waals surface area contributed by atoms with Crippen LogP contribution >= 0.6 is 23.1 Å². The molecular weight excluding hydrogens is 344 g/mol. The van der Waals surface area contributed by atoms with E-state index >= 15 is 0 Å². The Kier molecular flexibility index (Phi) is 6.30. The third-order valence-electron chi connectivity index (χ3n) is 3.81. The maximum atomic E-state index is 4.34. The molecule has 24 heavy (non-hydrogen) atoms. The van der Waals surface area contributed by atoms with Crippen LogP contribution in [0.15, 0.2) is 0 Å². The average Bonchev–Trinajstić information content (AvgIpc) is 3.26. The lowest BCUT2D eigenvalue weighted by Crippen LogP contribution is -2.43. The Morgan fingerprint density at radius 1 is 0.708 bits per heavy atom. The molecule has 2 aromatic rings. The number of piperazine rings is 2. The van der Waals surface area contributed by atoms with E-state index in [1.165, 1.54) is 23.1 Å². The van der Waals surface area contributed by atoms with Gasteiger partial charge in [-0.2, -0.15) is 8.75 Å². The van der Waals surface area contributed by atoms with E-state index in [2.05, 4.69) is 39.1 Å². The van der Waals surface area contributed by atoms with Crippen molar-refractivity contribution >= 4 is 33.3 Å². The van der Waals surface area contributed by atoms with E-state index in [-0.39, 0.29) is 0 Å². The Labute approximate surface area is 150 Å². The molecule has 0 aliphatic carbocycles. The molecule has 0 unspecified atom stereocenters. The maximum absolute atomic E-state index is 4.34. The lowest BCUT2D eigenvalue weighted by molar-refractivity contribution is 0.588. The second-order valence-electron chi connectivity index (χ2n) is 5.72. The molecule has 0 saturated carbocycles. The van der Waals surface area contributed by atoms with Gasteiger partial charge in [0.2, 0.25) is 10.3 Å². The van der Waals surface area contributed by atoms with Crippen LogP contribution < -0.4 is 20.4 Å². The summed E-state index contributed by atoms with van der Waals surface area (Å²) in [6.45, 7) is 12.3. The first kappa shape index (κ1) is 17.5. The second-order valence-corrected chi connectivity index (χ2v) is 7.18. The lowest BCUT2D eigenvalue weighted by atomic mass is 10.4. The van der Waals surface area contributed by atoms with Gasteiger partial charge in [0.05, 0.1) is 0 Å². The van der Waals surface area contributed by atoms with Crippen LogP contribution in [-0.2, 0) is 0 Å². The fraction of sp³-hybridized carbons (Fsp3) is 0.714. The minimum Gasteiger partial charge on any atom is -0.344 e. The van der Waals surface area contributed by atoms with Crippen molar-refractivity contribution in [1.29, 1.82) is 0 Å². The average molecular weight is 369 g/mol. The predicted molar refractivity (Wildman–Crippen MR) is 99.5 cm³/mol. The van der Waals surface area contributed by atoms with Crippen molar-refractivity contribution in [3.8, 4) is 0 Å². The number of nitrogens with one attached hydrogen (secondary N) is 2. The second kappa shape index (κ2) is 8.65. The Bertz CT molecular complexity index is 562. The molecule has 2 aliphatic rings. The molecule has 0 bridgehead atoms. The van der Waals surface area contributed by atoms with E-state index in [1.807, 2.05) is 13.8 Å². The van der Waals surface area contributed by atoms with Crippen LogP contribution in [0.1, 0.15) is 11.6 Å². The van der Waals surface area contributed by atoms with Crippen LogP contribution in [0.5, 0.6) is 0 Å². The smallest absolute Gasteiger partial charge is 0.205 e. The Hall–Kier alpha value is -1.36. The summed E-state index contributed by atoms with van der Waals surface area (Å²) in [5.41, 5.74) is 0. The van der Waals surface area contributed by atoms with E-state index in [0.29, 0.717) is 0 Å². The largest absolute Gasteiger partial charge is 0.344 e. The van der Waals surface area contributed by atoms with E-state index < -0.39 is 0 Å². The molecule has 4 heterocycles. The Balaban J connectivity index is 0.000000141. The third kappa shape index (κ3) is 4.82. The van der Waals surface area contributed by atoms with E-state index in [0.717, 1.165) is 74.3 Å². The van der Waals surface area contributed by atoms with Gasteiger partial charge in [-0.3, -0.25) is 0 Å². The molecule has 8 nitrogen and oxygen atoms in total. The standard InChI is InChI=1S/2C7H12N4S/c2*1-6-9-7(12-10-6)11-4-2-8-3-5-11/h2*8H,2-5H2,1H3. The van der Waals surface area contributed by atoms with Crippen LogP contribution in [0, 0.1) is 13.8 Å². The molecule has 0 aromatic carbocycles. The molecule has 0 amide bonds. The quantitative estimate of drug-likeness (QED) is 0.794. The zero-order valence-electron chi connectivity index (χ0n) is 14.2. The molecule has 4 rings (SSSR count). The van der Waals surface area contributed by atoms with Crippen molar-refractivity contribution in [3.05, 3.63) is 11.6 Å². The summed E-state index contributed by atoms with van der Waals surface area (Å²) in [4.78, 5) is 13.2. The van der Waals surface area contributed by atoms with Gasteiger partial charge in [0.1, 0.15) is 11.6 Å². The fourth-order valence-corrected chi connectivity index (χ4v) is 3.99.